The minimum Gasteiger partial charge on any atom is -0.506 e. The Morgan fingerprint density at radius 2 is 1.96 bits per heavy atom. The van der Waals surface area contributed by atoms with Crippen LogP contribution >= 0.6 is 0 Å². The van der Waals surface area contributed by atoms with Gasteiger partial charge in [-0.05, 0) is 49.3 Å². The third kappa shape index (κ3) is 3.56. The van der Waals surface area contributed by atoms with E-state index in [-0.39, 0.29) is 5.75 Å². The largest absolute Gasteiger partial charge is 0.506 e. The molecule has 0 radical (unpaired) electrons. The first kappa shape index (κ1) is 18.3. The smallest absolute Gasteiger partial charge is 0.218 e. The minimum absolute atomic E-state index is 0.186. The van der Waals surface area contributed by atoms with Gasteiger partial charge >= 0.3 is 0 Å². The first-order valence-electron chi connectivity index (χ1n) is 9.69. The van der Waals surface area contributed by atoms with Gasteiger partial charge < -0.3 is 15.1 Å². The summed E-state index contributed by atoms with van der Waals surface area (Å²) in [5.41, 5.74) is 0.245. The molecule has 144 valence electrons. The Labute approximate surface area is 158 Å². The zero-order valence-corrected chi connectivity index (χ0v) is 15.6. The summed E-state index contributed by atoms with van der Waals surface area (Å²) >= 11 is 0. The van der Waals surface area contributed by atoms with Gasteiger partial charge in [-0.3, -0.25) is 4.98 Å². The Morgan fingerprint density at radius 3 is 2.56 bits per heavy atom. The van der Waals surface area contributed by atoms with Crippen molar-refractivity contribution < 1.29 is 14.6 Å². The summed E-state index contributed by atoms with van der Waals surface area (Å²) < 4.78 is 14.1. The molecular weight excluding hydrogens is 345 g/mol. The maximum absolute atomic E-state index is 14.1. The number of likely N-dealkylation sites (tertiary alicyclic amines) is 1. The third-order valence-electron chi connectivity index (χ3n) is 6.27. The van der Waals surface area contributed by atoms with Crippen molar-refractivity contribution in [2.75, 3.05) is 19.6 Å². The highest BCUT2D eigenvalue weighted by Crippen LogP contribution is 2.49. The van der Waals surface area contributed by atoms with Gasteiger partial charge in [0.05, 0.1) is 11.8 Å². The lowest BCUT2D eigenvalue weighted by atomic mass is 9.91. The van der Waals surface area contributed by atoms with Crippen molar-refractivity contribution in [1.82, 2.24) is 14.9 Å². The monoisotopic (exact) mass is 371 g/mol. The van der Waals surface area contributed by atoms with E-state index in [9.17, 15) is 14.6 Å². The molecule has 27 heavy (non-hydrogen) atoms. The molecule has 2 N–H and O–H groups in total. The average molecular weight is 371 g/mol. The van der Waals surface area contributed by atoms with Crippen molar-refractivity contribution in [3.05, 3.63) is 53.9 Å². The predicted octanol–water partition coefficient (Wildman–Crippen LogP) is 3.04. The second-order valence-electron chi connectivity index (χ2n) is 8.07. The summed E-state index contributed by atoms with van der Waals surface area (Å²) in [7, 11) is 0. The Bertz CT molecular complexity index is 784. The van der Waals surface area contributed by atoms with Crippen LogP contribution in [0.4, 0.5) is 4.39 Å². The van der Waals surface area contributed by atoms with E-state index in [1.165, 1.54) is 12.4 Å². The van der Waals surface area contributed by atoms with Gasteiger partial charge in [0.1, 0.15) is 5.75 Å². The summed E-state index contributed by atoms with van der Waals surface area (Å²) in [6, 6.07) is 6.93. The van der Waals surface area contributed by atoms with Gasteiger partial charge in [0.15, 0.2) is 0 Å². The number of rotatable bonds is 5. The number of aromatic nitrogens is 2. The van der Waals surface area contributed by atoms with Crippen molar-refractivity contribution in [2.24, 2.45) is 11.8 Å². The third-order valence-corrected chi connectivity index (χ3v) is 6.27. The number of halogens is 1. The first-order valence-corrected chi connectivity index (χ1v) is 9.69. The second kappa shape index (κ2) is 7.17. The zero-order chi connectivity index (χ0) is 19.0. The maximum Gasteiger partial charge on any atom is 0.218 e. The van der Waals surface area contributed by atoms with E-state index in [0.717, 1.165) is 31.7 Å². The van der Waals surface area contributed by atoms with Crippen LogP contribution in [-0.4, -0.2) is 44.7 Å². The molecule has 0 spiro atoms. The molecule has 1 aliphatic carbocycles. The molecule has 4 atom stereocenters. The lowest BCUT2D eigenvalue weighted by Crippen LogP contribution is -2.31. The van der Waals surface area contributed by atoms with E-state index >= 15 is 0 Å². The lowest BCUT2D eigenvalue weighted by molar-refractivity contribution is 0.0269. The van der Waals surface area contributed by atoms with Crippen LogP contribution in [0.15, 0.2) is 36.7 Å². The van der Waals surface area contributed by atoms with Gasteiger partial charge in [-0.25, -0.2) is 4.98 Å². The number of aromatic hydroxyl groups is 1. The topological polar surface area (TPSA) is 69.5 Å². The number of fused-ring (bicyclic) bond motifs is 1. The van der Waals surface area contributed by atoms with E-state index in [1.807, 2.05) is 6.07 Å². The van der Waals surface area contributed by atoms with Crippen molar-refractivity contribution in [1.29, 1.82) is 0 Å². The van der Waals surface area contributed by atoms with Crippen LogP contribution in [0.2, 0.25) is 0 Å². The van der Waals surface area contributed by atoms with Crippen LogP contribution in [-0.2, 0) is 5.60 Å². The molecule has 4 rings (SSSR count). The Balaban J connectivity index is 1.41. The molecule has 1 aliphatic heterocycles. The standard InChI is InChI=1S/C21H26FN3O2/c1-2-14(19-6-5-17(26)10-24-19)11-25-12-15-8-21(27,9-16(15)13-25)18-4-3-7-23-20(18)22/h3-7,10,14-16,26-27H,2,8-9,11-13H2,1H3/t14?,15-,16+,21?. The number of hydrogen-bond donors (Lipinski definition) is 2. The summed E-state index contributed by atoms with van der Waals surface area (Å²) in [5, 5.41) is 20.5. The van der Waals surface area contributed by atoms with E-state index < -0.39 is 11.5 Å². The normalized spacial score (nSPS) is 29.0. The summed E-state index contributed by atoms with van der Waals surface area (Å²) in [6.45, 7) is 4.91. The van der Waals surface area contributed by atoms with Crippen LogP contribution in [0.3, 0.4) is 0 Å². The van der Waals surface area contributed by atoms with Crippen LogP contribution in [0.25, 0.3) is 0 Å². The highest BCUT2D eigenvalue weighted by molar-refractivity contribution is 5.23. The molecular formula is C21H26FN3O2. The van der Waals surface area contributed by atoms with E-state index in [4.69, 9.17) is 0 Å². The van der Waals surface area contributed by atoms with Gasteiger partial charge in [-0.1, -0.05) is 13.0 Å². The molecule has 1 saturated heterocycles. The molecule has 2 unspecified atom stereocenters. The van der Waals surface area contributed by atoms with E-state index in [2.05, 4.69) is 21.8 Å². The van der Waals surface area contributed by atoms with Gasteiger partial charge in [0, 0.05) is 43.0 Å². The van der Waals surface area contributed by atoms with Crippen LogP contribution < -0.4 is 0 Å². The quantitative estimate of drug-likeness (QED) is 0.791. The molecule has 2 fully saturated rings. The van der Waals surface area contributed by atoms with Crippen molar-refractivity contribution in [3.63, 3.8) is 0 Å². The zero-order valence-electron chi connectivity index (χ0n) is 15.6. The second-order valence-corrected chi connectivity index (χ2v) is 8.07. The maximum atomic E-state index is 14.1. The molecule has 2 aliphatic rings. The number of aliphatic hydroxyl groups is 1. The summed E-state index contributed by atoms with van der Waals surface area (Å²) in [4.78, 5) is 10.5. The molecule has 1 saturated carbocycles. The average Bonchev–Trinajstić information content (AvgIpc) is 3.15. The summed E-state index contributed by atoms with van der Waals surface area (Å²) in [6.07, 6.45) is 5.08. The van der Waals surface area contributed by atoms with E-state index in [1.54, 1.807) is 18.2 Å². The van der Waals surface area contributed by atoms with Crippen molar-refractivity contribution in [2.45, 2.75) is 37.7 Å². The molecule has 0 bridgehead atoms. The van der Waals surface area contributed by atoms with Crippen LogP contribution in [0, 0.1) is 17.8 Å². The number of nitrogens with zero attached hydrogens (tertiary/aromatic N) is 3. The number of hydrogen-bond acceptors (Lipinski definition) is 5. The molecule has 0 aromatic carbocycles. The van der Waals surface area contributed by atoms with Gasteiger partial charge in [0.2, 0.25) is 5.95 Å². The van der Waals surface area contributed by atoms with Gasteiger partial charge in [-0.2, -0.15) is 4.39 Å². The fourth-order valence-corrected chi connectivity index (χ4v) is 4.93. The molecule has 0 amide bonds. The number of pyridine rings is 2. The molecule has 3 heterocycles. The van der Waals surface area contributed by atoms with Crippen LogP contribution in [0.1, 0.15) is 43.4 Å². The first-order chi connectivity index (χ1) is 13.0. The van der Waals surface area contributed by atoms with Gasteiger partial charge in [0.25, 0.3) is 0 Å². The van der Waals surface area contributed by atoms with Crippen molar-refractivity contribution in [3.8, 4) is 5.75 Å². The Morgan fingerprint density at radius 1 is 1.22 bits per heavy atom. The van der Waals surface area contributed by atoms with E-state index in [0.29, 0.717) is 36.2 Å². The SMILES string of the molecule is CCC(CN1C[C@@H]2CC(O)(c3cccnc3F)C[C@@H]2C1)c1ccc(O)cn1. The predicted molar refractivity (Wildman–Crippen MR) is 99.7 cm³/mol. The fraction of sp³-hybridized carbons (Fsp3) is 0.524. The van der Waals surface area contributed by atoms with Gasteiger partial charge in [-0.15, -0.1) is 0 Å². The Kier molecular flexibility index (Phi) is 4.86. The molecule has 2 aromatic rings. The van der Waals surface area contributed by atoms with Crippen LogP contribution in [0.5, 0.6) is 5.75 Å². The summed E-state index contributed by atoms with van der Waals surface area (Å²) in [5.74, 6) is 0.700. The molecule has 5 nitrogen and oxygen atoms in total. The highest BCUT2D eigenvalue weighted by atomic mass is 19.1. The Hall–Kier alpha value is -2.05. The van der Waals surface area contributed by atoms with Crippen molar-refractivity contribution >= 4 is 0 Å². The minimum atomic E-state index is -1.09. The molecule has 2 aromatic heterocycles. The fourth-order valence-electron chi connectivity index (χ4n) is 4.93. The molecule has 6 heteroatoms. The highest BCUT2D eigenvalue weighted by Gasteiger charge is 2.50. The lowest BCUT2D eigenvalue weighted by Gasteiger charge is -2.27.